The van der Waals surface area contributed by atoms with E-state index in [1.807, 2.05) is 11.8 Å². The summed E-state index contributed by atoms with van der Waals surface area (Å²) in [5.41, 5.74) is 0.334. The van der Waals surface area contributed by atoms with Crippen molar-refractivity contribution < 1.29 is 0 Å². The van der Waals surface area contributed by atoms with E-state index < -0.39 is 0 Å². The first-order valence-corrected chi connectivity index (χ1v) is 4.50. The average Bonchev–Trinajstić information content (AvgIpc) is 2.51. The fourth-order valence-corrected chi connectivity index (χ4v) is 1.96. The molecule has 1 saturated carbocycles. The smallest absolute Gasteiger partial charge is 0.0875 e. The van der Waals surface area contributed by atoms with Gasteiger partial charge in [0.15, 0.2) is 0 Å². The van der Waals surface area contributed by atoms with E-state index in [0.29, 0.717) is 12.0 Å². The molecule has 0 aliphatic heterocycles. The average molecular weight is 145 g/mol. The Morgan fingerprint density at radius 3 is 2.67 bits per heavy atom. The summed E-state index contributed by atoms with van der Waals surface area (Å²) >= 11 is 1.81. The van der Waals surface area contributed by atoms with Crippen LogP contribution in [0.5, 0.6) is 0 Å². The number of thioether (sulfide) groups is 1. The molecule has 0 radical (unpaired) electrons. The van der Waals surface area contributed by atoms with Crippen molar-refractivity contribution in [2.24, 2.45) is 10.6 Å². The zero-order valence-electron chi connectivity index (χ0n) is 5.59. The van der Waals surface area contributed by atoms with Crippen LogP contribution in [0.1, 0.15) is 12.8 Å². The van der Waals surface area contributed by atoms with Gasteiger partial charge in [-0.25, -0.2) is 0 Å². The minimum atomic E-state index is 0.334. The molecule has 0 saturated heterocycles. The van der Waals surface area contributed by atoms with Crippen LogP contribution in [0.25, 0.3) is 0 Å². The van der Waals surface area contributed by atoms with Crippen molar-refractivity contribution >= 4 is 11.8 Å². The highest BCUT2D eigenvalue weighted by Crippen LogP contribution is 2.47. The van der Waals surface area contributed by atoms with Crippen LogP contribution < -0.4 is 0 Å². The summed E-state index contributed by atoms with van der Waals surface area (Å²) in [6.07, 6.45) is 4.49. The lowest BCUT2D eigenvalue weighted by Gasteiger charge is -2.05. The molecule has 1 fully saturated rings. The number of hydrogen-bond donors (Lipinski definition) is 0. The fourth-order valence-electron chi connectivity index (χ4n) is 0.968. The van der Waals surface area contributed by atoms with Crippen molar-refractivity contribution in [1.82, 2.24) is 0 Å². The Morgan fingerprint density at radius 2 is 2.33 bits per heavy atom. The van der Waals surface area contributed by atoms with E-state index >= 15 is 0 Å². The highest BCUT2D eigenvalue weighted by Gasteiger charge is 2.42. The van der Waals surface area contributed by atoms with E-state index in [4.69, 9.17) is 0 Å². The molecular weight excluding hydrogens is 134 g/mol. The predicted octanol–water partition coefficient (Wildman–Crippen LogP) is 1.90. The van der Waals surface area contributed by atoms with E-state index in [1.54, 1.807) is 0 Å². The first-order chi connectivity index (χ1) is 4.33. The van der Waals surface area contributed by atoms with Crippen molar-refractivity contribution in [3.05, 3.63) is 4.91 Å². The molecule has 0 amide bonds. The molecule has 0 bridgehead atoms. The molecule has 0 aromatic rings. The van der Waals surface area contributed by atoms with Crippen LogP contribution in [-0.4, -0.2) is 18.6 Å². The van der Waals surface area contributed by atoms with Gasteiger partial charge in [-0.2, -0.15) is 16.7 Å². The van der Waals surface area contributed by atoms with Crippen molar-refractivity contribution in [3.63, 3.8) is 0 Å². The summed E-state index contributed by atoms with van der Waals surface area (Å²) < 4.78 is 0. The minimum absolute atomic E-state index is 0.334. The van der Waals surface area contributed by atoms with Gasteiger partial charge in [-0.3, -0.25) is 0 Å². The van der Waals surface area contributed by atoms with Crippen molar-refractivity contribution in [2.45, 2.75) is 12.8 Å². The van der Waals surface area contributed by atoms with Gasteiger partial charge in [0.1, 0.15) is 0 Å². The molecule has 0 aromatic carbocycles. The van der Waals surface area contributed by atoms with Gasteiger partial charge in [-0.15, -0.1) is 0 Å². The number of rotatable bonds is 4. The van der Waals surface area contributed by atoms with Crippen molar-refractivity contribution in [3.8, 4) is 0 Å². The SMILES string of the molecule is CSCC1(CN=O)CC1. The van der Waals surface area contributed by atoms with Crippen LogP contribution in [0.4, 0.5) is 0 Å². The Hall–Kier alpha value is -0.0500. The Balaban J connectivity index is 2.24. The maximum absolute atomic E-state index is 9.88. The monoisotopic (exact) mass is 145 g/mol. The summed E-state index contributed by atoms with van der Waals surface area (Å²) in [6, 6.07) is 0. The highest BCUT2D eigenvalue weighted by molar-refractivity contribution is 7.98. The van der Waals surface area contributed by atoms with Gasteiger partial charge in [0.2, 0.25) is 0 Å². The molecule has 3 heteroatoms. The van der Waals surface area contributed by atoms with E-state index in [-0.39, 0.29) is 0 Å². The molecule has 0 N–H and O–H groups in total. The van der Waals surface area contributed by atoms with Gasteiger partial charge in [0.25, 0.3) is 0 Å². The third-order valence-corrected chi connectivity index (χ3v) is 2.71. The lowest BCUT2D eigenvalue weighted by molar-refractivity contribution is 0.600. The maximum atomic E-state index is 9.88. The van der Waals surface area contributed by atoms with Crippen molar-refractivity contribution in [2.75, 3.05) is 18.6 Å². The normalized spacial score (nSPS) is 21.4. The first-order valence-electron chi connectivity index (χ1n) is 3.11. The van der Waals surface area contributed by atoms with Crippen LogP contribution in [0.3, 0.4) is 0 Å². The quantitative estimate of drug-likeness (QED) is 0.565. The van der Waals surface area contributed by atoms with Gasteiger partial charge in [0.05, 0.1) is 6.54 Å². The highest BCUT2D eigenvalue weighted by atomic mass is 32.2. The van der Waals surface area contributed by atoms with Crippen LogP contribution in [0, 0.1) is 10.3 Å². The molecule has 0 atom stereocenters. The standard InChI is InChI=1S/C6H11NOS/c1-9-5-6(2-3-6)4-7-8/h2-5H2,1H3. The Bertz CT molecular complexity index is 112. The summed E-state index contributed by atoms with van der Waals surface area (Å²) in [7, 11) is 0. The second-order valence-corrected chi connectivity index (χ2v) is 3.59. The van der Waals surface area contributed by atoms with Crippen LogP contribution in [0.2, 0.25) is 0 Å². The van der Waals surface area contributed by atoms with E-state index in [9.17, 15) is 4.91 Å². The van der Waals surface area contributed by atoms with Crippen LogP contribution >= 0.6 is 11.8 Å². The Kier molecular flexibility index (Phi) is 2.11. The van der Waals surface area contributed by atoms with Crippen molar-refractivity contribution in [1.29, 1.82) is 0 Å². The zero-order valence-corrected chi connectivity index (χ0v) is 6.41. The topological polar surface area (TPSA) is 29.4 Å². The summed E-state index contributed by atoms with van der Waals surface area (Å²) in [4.78, 5) is 9.88. The molecule has 0 unspecified atom stereocenters. The molecule has 1 aliphatic carbocycles. The molecule has 0 spiro atoms. The second-order valence-electron chi connectivity index (χ2n) is 2.72. The fraction of sp³-hybridized carbons (Fsp3) is 1.00. The molecule has 0 aromatic heterocycles. The van der Waals surface area contributed by atoms with Gasteiger partial charge in [0, 0.05) is 11.2 Å². The van der Waals surface area contributed by atoms with Gasteiger partial charge < -0.3 is 0 Å². The molecule has 9 heavy (non-hydrogen) atoms. The number of nitrogens with zero attached hydrogens (tertiary/aromatic N) is 1. The Morgan fingerprint density at radius 1 is 1.67 bits per heavy atom. The predicted molar refractivity (Wildman–Crippen MR) is 40.7 cm³/mol. The number of hydrogen-bond acceptors (Lipinski definition) is 3. The lowest BCUT2D eigenvalue weighted by Crippen LogP contribution is -2.07. The minimum Gasteiger partial charge on any atom is -0.165 e. The van der Waals surface area contributed by atoms with Gasteiger partial charge >= 0.3 is 0 Å². The first kappa shape index (κ1) is 7.06. The van der Waals surface area contributed by atoms with E-state index in [0.717, 1.165) is 5.75 Å². The third-order valence-electron chi connectivity index (χ3n) is 1.81. The summed E-state index contributed by atoms with van der Waals surface area (Å²) in [6.45, 7) is 0.536. The third kappa shape index (κ3) is 1.68. The van der Waals surface area contributed by atoms with Crippen LogP contribution in [-0.2, 0) is 0 Å². The van der Waals surface area contributed by atoms with Gasteiger partial charge in [-0.1, -0.05) is 5.18 Å². The molecule has 2 nitrogen and oxygen atoms in total. The number of nitroso groups, excluding NO2 is 1. The van der Waals surface area contributed by atoms with E-state index in [2.05, 4.69) is 11.4 Å². The molecular formula is C6H11NOS. The Labute approximate surface area is 59.4 Å². The molecule has 1 rings (SSSR count). The summed E-state index contributed by atoms with van der Waals surface area (Å²) in [5, 5.41) is 2.93. The largest absolute Gasteiger partial charge is 0.165 e. The lowest BCUT2D eigenvalue weighted by atomic mass is 10.1. The maximum Gasteiger partial charge on any atom is 0.0875 e. The summed E-state index contributed by atoms with van der Waals surface area (Å²) in [5.74, 6) is 1.11. The van der Waals surface area contributed by atoms with Crippen LogP contribution in [0.15, 0.2) is 5.18 Å². The molecule has 52 valence electrons. The van der Waals surface area contributed by atoms with Gasteiger partial charge in [-0.05, 0) is 19.1 Å². The van der Waals surface area contributed by atoms with E-state index in [1.165, 1.54) is 12.8 Å². The second kappa shape index (κ2) is 2.69. The molecule has 1 aliphatic rings. The zero-order chi connectivity index (χ0) is 6.74. The molecule has 0 heterocycles.